The first kappa shape index (κ1) is 22.6. The largest absolute Gasteiger partial charge is 0.462 e. The molecule has 2 amide bonds. The number of aryl methyl sites for hydroxylation is 2. The average Bonchev–Trinajstić information content (AvgIpc) is 3.05. The number of aromatic amines is 1. The first-order valence-corrected chi connectivity index (χ1v) is 10.8. The molecule has 1 unspecified atom stereocenters. The molecule has 0 radical (unpaired) electrons. The normalized spacial score (nSPS) is 16.1. The van der Waals surface area contributed by atoms with Crippen LogP contribution in [0.25, 0.3) is 0 Å². The van der Waals surface area contributed by atoms with Gasteiger partial charge in [0.1, 0.15) is 5.69 Å². The van der Waals surface area contributed by atoms with Gasteiger partial charge in [-0.15, -0.1) is 0 Å². The number of nitrogens with one attached hydrogen (secondary N) is 2. The number of hydrogen-bond acceptors (Lipinski definition) is 4. The number of amides is 2. The fraction of sp³-hybridized carbons (Fsp3) is 0.458. The van der Waals surface area contributed by atoms with Crippen molar-refractivity contribution in [3.05, 3.63) is 57.9 Å². The molecule has 1 aromatic carbocycles. The van der Waals surface area contributed by atoms with Crippen LogP contribution in [0.4, 0.5) is 0 Å². The van der Waals surface area contributed by atoms with E-state index in [1.54, 1.807) is 25.7 Å². The molecule has 1 saturated heterocycles. The Labute approximate surface area is 183 Å². The van der Waals surface area contributed by atoms with Crippen molar-refractivity contribution in [2.24, 2.45) is 5.92 Å². The highest BCUT2D eigenvalue weighted by Gasteiger charge is 2.31. The molecule has 1 aromatic heterocycles. The molecule has 7 nitrogen and oxygen atoms in total. The van der Waals surface area contributed by atoms with Gasteiger partial charge in [0, 0.05) is 25.3 Å². The predicted molar refractivity (Wildman–Crippen MR) is 118 cm³/mol. The van der Waals surface area contributed by atoms with Gasteiger partial charge >= 0.3 is 5.97 Å². The average molecular weight is 426 g/mol. The van der Waals surface area contributed by atoms with Gasteiger partial charge in [0.25, 0.3) is 5.91 Å². The van der Waals surface area contributed by atoms with Gasteiger partial charge in [-0.25, -0.2) is 4.79 Å². The molecule has 0 saturated carbocycles. The Balaban J connectivity index is 1.66. The Morgan fingerprint density at radius 1 is 1.23 bits per heavy atom. The standard InChI is InChI=1S/C24H31N3O4/c1-5-31-24(30)20-16(3)21(26-17(20)4)23(29)27-11-7-10-19(14-27)22(28)25-13-18-9-6-8-15(2)12-18/h6,8-9,12,19,26H,5,7,10-11,13-14H2,1-4H3,(H,25,28). The minimum atomic E-state index is -0.431. The van der Waals surface area contributed by atoms with E-state index in [4.69, 9.17) is 4.74 Å². The van der Waals surface area contributed by atoms with E-state index in [9.17, 15) is 14.4 Å². The molecule has 31 heavy (non-hydrogen) atoms. The number of nitrogens with zero attached hydrogens (tertiary/aromatic N) is 1. The highest BCUT2D eigenvalue weighted by molar-refractivity contribution is 6.00. The molecule has 2 aromatic rings. The van der Waals surface area contributed by atoms with Crippen LogP contribution >= 0.6 is 0 Å². The number of benzene rings is 1. The zero-order valence-electron chi connectivity index (χ0n) is 18.7. The summed E-state index contributed by atoms with van der Waals surface area (Å²) < 4.78 is 5.11. The minimum absolute atomic E-state index is 0.0365. The summed E-state index contributed by atoms with van der Waals surface area (Å²) in [6.45, 7) is 8.98. The molecule has 3 rings (SSSR count). The molecule has 0 bridgehead atoms. The quantitative estimate of drug-likeness (QED) is 0.695. The molecule has 2 heterocycles. The lowest BCUT2D eigenvalue weighted by atomic mass is 9.96. The summed E-state index contributed by atoms with van der Waals surface area (Å²) in [5, 5.41) is 3.00. The van der Waals surface area contributed by atoms with E-state index in [0.29, 0.717) is 42.1 Å². The number of hydrogen-bond donors (Lipinski definition) is 2. The van der Waals surface area contributed by atoms with Crippen molar-refractivity contribution in [3.63, 3.8) is 0 Å². The van der Waals surface area contributed by atoms with Crippen molar-refractivity contribution in [3.8, 4) is 0 Å². The summed E-state index contributed by atoms with van der Waals surface area (Å²) in [5.41, 5.74) is 4.22. The summed E-state index contributed by atoms with van der Waals surface area (Å²) in [5.74, 6) is -0.902. The molecule has 1 aliphatic heterocycles. The Bertz CT molecular complexity index is 979. The van der Waals surface area contributed by atoms with E-state index < -0.39 is 5.97 Å². The third-order valence-corrected chi connectivity index (χ3v) is 5.76. The summed E-state index contributed by atoms with van der Waals surface area (Å²) >= 11 is 0. The van der Waals surface area contributed by atoms with Gasteiger partial charge < -0.3 is 19.9 Å². The summed E-state index contributed by atoms with van der Waals surface area (Å²) in [7, 11) is 0. The van der Waals surface area contributed by atoms with Crippen LogP contribution in [0.15, 0.2) is 24.3 Å². The van der Waals surface area contributed by atoms with Crippen LogP contribution in [-0.4, -0.2) is 47.4 Å². The van der Waals surface area contributed by atoms with Crippen LogP contribution in [0.1, 0.15) is 63.0 Å². The van der Waals surface area contributed by atoms with Gasteiger partial charge in [-0.3, -0.25) is 9.59 Å². The lowest BCUT2D eigenvalue weighted by Crippen LogP contribution is -2.45. The Morgan fingerprint density at radius 2 is 2.00 bits per heavy atom. The topological polar surface area (TPSA) is 91.5 Å². The second-order valence-electron chi connectivity index (χ2n) is 8.14. The molecule has 1 aliphatic rings. The third-order valence-electron chi connectivity index (χ3n) is 5.76. The number of ether oxygens (including phenoxy) is 1. The Kier molecular flexibility index (Phi) is 7.15. The van der Waals surface area contributed by atoms with Crippen LogP contribution in [0, 0.1) is 26.7 Å². The van der Waals surface area contributed by atoms with Gasteiger partial charge in [-0.2, -0.15) is 0 Å². The lowest BCUT2D eigenvalue weighted by Gasteiger charge is -2.32. The second kappa shape index (κ2) is 9.81. The maximum atomic E-state index is 13.2. The lowest BCUT2D eigenvalue weighted by molar-refractivity contribution is -0.126. The number of piperidine rings is 1. The number of esters is 1. The Morgan fingerprint density at radius 3 is 2.71 bits per heavy atom. The fourth-order valence-electron chi connectivity index (χ4n) is 4.16. The van der Waals surface area contributed by atoms with E-state index in [1.165, 1.54) is 0 Å². The van der Waals surface area contributed by atoms with Crippen LogP contribution < -0.4 is 5.32 Å². The molecule has 1 fully saturated rings. The van der Waals surface area contributed by atoms with Gasteiger partial charge in [0.15, 0.2) is 0 Å². The van der Waals surface area contributed by atoms with Crippen LogP contribution in [-0.2, 0) is 16.1 Å². The van der Waals surface area contributed by atoms with Gasteiger partial charge in [0.2, 0.25) is 5.91 Å². The van der Waals surface area contributed by atoms with Crippen molar-refractivity contribution in [2.45, 2.75) is 47.1 Å². The molecular formula is C24H31N3O4. The van der Waals surface area contributed by atoms with Gasteiger partial charge in [0.05, 0.1) is 18.1 Å². The smallest absolute Gasteiger partial charge is 0.340 e. The molecule has 166 valence electrons. The number of likely N-dealkylation sites (tertiary alicyclic amines) is 1. The molecule has 7 heteroatoms. The summed E-state index contributed by atoms with van der Waals surface area (Å²) in [6, 6.07) is 8.03. The molecule has 1 atom stereocenters. The van der Waals surface area contributed by atoms with Crippen molar-refractivity contribution in [2.75, 3.05) is 19.7 Å². The van der Waals surface area contributed by atoms with E-state index in [-0.39, 0.29) is 24.3 Å². The second-order valence-corrected chi connectivity index (χ2v) is 8.14. The first-order chi connectivity index (χ1) is 14.8. The number of aromatic nitrogens is 1. The minimum Gasteiger partial charge on any atom is -0.462 e. The van der Waals surface area contributed by atoms with E-state index in [1.807, 2.05) is 25.1 Å². The molecular weight excluding hydrogens is 394 g/mol. The van der Waals surface area contributed by atoms with Crippen LogP contribution in [0.3, 0.4) is 0 Å². The maximum absolute atomic E-state index is 13.2. The van der Waals surface area contributed by atoms with Crippen molar-refractivity contribution in [1.82, 2.24) is 15.2 Å². The number of carbonyl (C=O) groups excluding carboxylic acids is 3. The monoisotopic (exact) mass is 425 g/mol. The molecule has 2 N–H and O–H groups in total. The van der Waals surface area contributed by atoms with Crippen molar-refractivity contribution >= 4 is 17.8 Å². The fourth-order valence-corrected chi connectivity index (χ4v) is 4.16. The highest BCUT2D eigenvalue weighted by Crippen LogP contribution is 2.24. The van der Waals surface area contributed by atoms with Crippen LogP contribution in [0.5, 0.6) is 0 Å². The number of H-pyrrole nitrogens is 1. The maximum Gasteiger partial charge on any atom is 0.340 e. The first-order valence-electron chi connectivity index (χ1n) is 10.8. The van der Waals surface area contributed by atoms with E-state index >= 15 is 0 Å². The van der Waals surface area contributed by atoms with E-state index in [0.717, 1.165) is 24.0 Å². The third kappa shape index (κ3) is 5.16. The molecule has 0 aliphatic carbocycles. The number of carbonyl (C=O) groups is 3. The zero-order valence-corrected chi connectivity index (χ0v) is 18.7. The summed E-state index contributed by atoms with van der Waals surface area (Å²) in [6.07, 6.45) is 1.51. The van der Waals surface area contributed by atoms with Crippen LogP contribution in [0.2, 0.25) is 0 Å². The molecule has 0 spiro atoms. The van der Waals surface area contributed by atoms with Gasteiger partial charge in [-0.1, -0.05) is 29.8 Å². The highest BCUT2D eigenvalue weighted by atomic mass is 16.5. The number of rotatable bonds is 6. The van der Waals surface area contributed by atoms with Crippen molar-refractivity contribution in [1.29, 1.82) is 0 Å². The Hall–Kier alpha value is -3.09. The zero-order chi connectivity index (χ0) is 22.5. The van der Waals surface area contributed by atoms with E-state index in [2.05, 4.69) is 16.4 Å². The SMILES string of the molecule is CCOC(=O)c1c(C)[nH]c(C(=O)N2CCCC(C(=O)NCc3cccc(C)c3)C2)c1C. The predicted octanol–water partition coefficient (Wildman–Crippen LogP) is 3.29. The summed E-state index contributed by atoms with van der Waals surface area (Å²) in [4.78, 5) is 42.9. The van der Waals surface area contributed by atoms with Crippen molar-refractivity contribution < 1.29 is 19.1 Å². The van der Waals surface area contributed by atoms with Gasteiger partial charge in [-0.05, 0) is 51.7 Å².